The maximum absolute atomic E-state index is 14.6. The van der Waals surface area contributed by atoms with Gasteiger partial charge in [0.25, 0.3) is 11.5 Å². The van der Waals surface area contributed by atoms with E-state index in [1.165, 1.54) is 17.0 Å². The number of para-hydroxylation sites is 1. The summed E-state index contributed by atoms with van der Waals surface area (Å²) in [7, 11) is 0. The summed E-state index contributed by atoms with van der Waals surface area (Å²) < 4.78 is 14.6. The van der Waals surface area contributed by atoms with Gasteiger partial charge in [0.1, 0.15) is 12.4 Å². The van der Waals surface area contributed by atoms with Crippen molar-refractivity contribution in [2.45, 2.75) is 33.2 Å². The lowest BCUT2D eigenvalue weighted by atomic mass is 10.0. The lowest BCUT2D eigenvalue weighted by Gasteiger charge is -2.39. The lowest BCUT2D eigenvalue weighted by Crippen LogP contribution is -2.57. The van der Waals surface area contributed by atoms with Crippen LogP contribution < -0.4 is 10.5 Å². The number of carbonyl (C=O) groups is 2. The third kappa shape index (κ3) is 4.41. The molecule has 7 nitrogen and oxygen atoms in total. The second-order valence-electron chi connectivity index (χ2n) is 8.37. The number of benzene rings is 2. The molecule has 170 valence electrons. The molecule has 8 heteroatoms. The van der Waals surface area contributed by atoms with Crippen molar-refractivity contribution in [1.29, 1.82) is 0 Å². The lowest BCUT2D eigenvalue weighted by molar-refractivity contribution is -0.121. The van der Waals surface area contributed by atoms with Crippen molar-refractivity contribution in [3.63, 3.8) is 0 Å². The monoisotopic (exact) mass is 448 g/mol. The summed E-state index contributed by atoms with van der Waals surface area (Å²) in [5.74, 6) is -1.38. The summed E-state index contributed by atoms with van der Waals surface area (Å²) in [5.41, 5.74) is 3.10. The Morgan fingerprint density at radius 3 is 2.55 bits per heavy atom. The number of aromatic nitrogens is 2. The number of halogens is 1. The molecule has 3 aromatic rings. The van der Waals surface area contributed by atoms with Crippen LogP contribution in [-0.2, 0) is 11.2 Å². The van der Waals surface area contributed by atoms with Crippen molar-refractivity contribution in [3.8, 4) is 0 Å². The van der Waals surface area contributed by atoms with E-state index in [9.17, 15) is 18.8 Å². The third-order valence-corrected chi connectivity index (χ3v) is 6.10. The normalized spacial score (nSPS) is 16.2. The fraction of sp³-hybridized carbons (Fsp3) is 0.280. The molecule has 0 saturated carbocycles. The summed E-state index contributed by atoms with van der Waals surface area (Å²) >= 11 is 0. The number of hydrogen-bond acceptors (Lipinski definition) is 4. The minimum absolute atomic E-state index is 0.0838. The minimum atomic E-state index is -0.642. The average Bonchev–Trinajstić information content (AvgIpc) is 2.80. The molecule has 0 radical (unpaired) electrons. The Morgan fingerprint density at radius 1 is 1.12 bits per heavy atom. The van der Waals surface area contributed by atoms with E-state index in [1.54, 1.807) is 17.9 Å². The van der Waals surface area contributed by atoms with Gasteiger partial charge in [-0.1, -0.05) is 24.3 Å². The number of nitrogens with one attached hydrogen (secondary N) is 1. The number of nitrogens with zero attached hydrogens (tertiary/aromatic N) is 3. The van der Waals surface area contributed by atoms with E-state index in [0.717, 1.165) is 11.3 Å². The highest BCUT2D eigenvalue weighted by Crippen LogP contribution is 2.23. The molecule has 1 atom stereocenters. The van der Waals surface area contributed by atoms with Gasteiger partial charge in [0, 0.05) is 24.2 Å². The van der Waals surface area contributed by atoms with E-state index < -0.39 is 11.7 Å². The molecule has 1 aliphatic rings. The van der Waals surface area contributed by atoms with Crippen molar-refractivity contribution in [1.82, 2.24) is 15.1 Å². The highest BCUT2D eigenvalue weighted by Gasteiger charge is 2.34. The molecule has 2 heterocycles. The Hall–Kier alpha value is -3.81. The maximum Gasteiger partial charge on any atom is 0.267 e. The molecule has 1 fully saturated rings. The molecule has 2 aromatic carbocycles. The second kappa shape index (κ2) is 8.97. The van der Waals surface area contributed by atoms with Crippen LogP contribution >= 0.6 is 0 Å². The first-order valence-electron chi connectivity index (χ1n) is 10.8. The number of aromatic amines is 1. The maximum atomic E-state index is 14.6. The smallest absolute Gasteiger partial charge is 0.267 e. The first kappa shape index (κ1) is 22.4. The Bertz CT molecular complexity index is 1270. The van der Waals surface area contributed by atoms with Gasteiger partial charge in [0.2, 0.25) is 5.91 Å². The van der Waals surface area contributed by atoms with Crippen molar-refractivity contribution in [2.75, 3.05) is 18.0 Å². The molecule has 33 heavy (non-hydrogen) atoms. The molecule has 0 bridgehead atoms. The molecule has 0 aliphatic carbocycles. The molecule has 2 amide bonds. The topological polar surface area (TPSA) is 86.4 Å². The summed E-state index contributed by atoms with van der Waals surface area (Å²) in [5, 5.41) is 6.56. The largest absolute Gasteiger partial charge is 0.327 e. The number of anilines is 1. The number of amides is 2. The van der Waals surface area contributed by atoms with Gasteiger partial charge in [0.05, 0.1) is 17.3 Å². The number of piperazine rings is 1. The van der Waals surface area contributed by atoms with Crippen LogP contribution in [0.5, 0.6) is 0 Å². The van der Waals surface area contributed by atoms with Crippen LogP contribution in [0.2, 0.25) is 0 Å². The quantitative estimate of drug-likeness (QED) is 0.665. The first-order chi connectivity index (χ1) is 15.8. The van der Waals surface area contributed by atoms with E-state index in [0.29, 0.717) is 29.8 Å². The summed E-state index contributed by atoms with van der Waals surface area (Å²) in [6.45, 7) is 5.56. The van der Waals surface area contributed by atoms with E-state index >= 15 is 0 Å². The zero-order chi connectivity index (χ0) is 23.7. The average molecular weight is 448 g/mol. The van der Waals surface area contributed by atoms with E-state index in [1.807, 2.05) is 44.2 Å². The van der Waals surface area contributed by atoms with Crippen LogP contribution in [0.3, 0.4) is 0 Å². The molecule has 0 spiro atoms. The third-order valence-electron chi connectivity index (χ3n) is 6.10. The summed E-state index contributed by atoms with van der Waals surface area (Å²) in [6, 6.07) is 13.4. The van der Waals surface area contributed by atoms with Gasteiger partial charge in [-0.15, -0.1) is 0 Å². The Kier molecular flexibility index (Phi) is 6.09. The van der Waals surface area contributed by atoms with E-state index in [4.69, 9.17) is 0 Å². The zero-order valence-corrected chi connectivity index (χ0v) is 18.8. The predicted octanol–water partition coefficient (Wildman–Crippen LogP) is 2.99. The standard InChI is InChI=1S/C25H25FN4O3/c1-15-13-29(14-23(31)30(15)19-7-5-4-6-8-19)25(33)20-11-18(9-10-21(20)26)12-22-16(2)17(3)24(32)28-27-22/h4-11,15H,12-14H2,1-3H3,(H,28,32). The van der Waals surface area contributed by atoms with Crippen LogP contribution in [0, 0.1) is 19.7 Å². The highest BCUT2D eigenvalue weighted by molar-refractivity contribution is 6.02. The van der Waals surface area contributed by atoms with Gasteiger partial charge in [-0.25, -0.2) is 9.49 Å². The molecule has 1 saturated heterocycles. The number of carbonyl (C=O) groups excluding carboxylic acids is 2. The molecular weight excluding hydrogens is 423 g/mol. The van der Waals surface area contributed by atoms with Gasteiger partial charge in [-0.3, -0.25) is 14.4 Å². The Morgan fingerprint density at radius 2 is 1.85 bits per heavy atom. The first-order valence-corrected chi connectivity index (χ1v) is 10.8. The van der Waals surface area contributed by atoms with Gasteiger partial charge in [0.15, 0.2) is 0 Å². The predicted molar refractivity (Wildman–Crippen MR) is 123 cm³/mol. The molecule has 1 unspecified atom stereocenters. The summed E-state index contributed by atoms with van der Waals surface area (Å²) in [4.78, 5) is 40.8. The Labute approximate surface area is 190 Å². The number of hydrogen-bond donors (Lipinski definition) is 1. The molecule has 1 N–H and O–H groups in total. The van der Waals surface area contributed by atoms with Crippen molar-refractivity contribution >= 4 is 17.5 Å². The second-order valence-corrected chi connectivity index (χ2v) is 8.37. The summed E-state index contributed by atoms with van der Waals surface area (Å²) in [6.07, 6.45) is 0.334. The zero-order valence-electron chi connectivity index (χ0n) is 18.8. The fourth-order valence-electron chi connectivity index (χ4n) is 4.15. The van der Waals surface area contributed by atoms with Crippen molar-refractivity contribution in [2.24, 2.45) is 0 Å². The van der Waals surface area contributed by atoms with E-state index in [2.05, 4.69) is 10.2 Å². The van der Waals surface area contributed by atoms with Crippen LogP contribution in [0.1, 0.15) is 39.7 Å². The molecule has 1 aromatic heterocycles. The SMILES string of the molecule is Cc1c(Cc2ccc(F)c(C(=O)N3CC(=O)N(c4ccccc4)C(C)C3)c2)n[nH]c(=O)c1C. The molecule has 4 rings (SSSR count). The van der Waals surface area contributed by atoms with Gasteiger partial charge < -0.3 is 9.80 Å². The van der Waals surface area contributed by atoms with E-state index in [-0.39, 0.29) is 29.6 Å². The number of H-pyrrole nitrogens is 1. The van der Waals surface area contributed by atoms with Crippen LogP contribution in [0.4, 0.5) is 10.1 Å². The van der Waals surface area contributed by atoms with Crippen LogP contribution in [-0.4, -0.2) is 46.0 Å². The van der Waals surface area contributed by atoms with Gasteiger partial charge in [-0.05, 0) is 56.2 Å². The molecule has 1 aliphatic heterocycles. The van der Waals surface area contributed by atoms with Gasteiger partial charge in [-0.2, -0.15) is 5.10 Å². The molecular formula is C25H25FN4O3. The van der Waals surface area contributed by atoms with Crippen LogP contribution in [0.25, 0.3) is 0 Å². The number of rotatable bonds is 4. The van der Waals surface area contributed by atoms with Crippen molar-refractivity contribution < 1.29 is 14.0 Å². The fourth-order valence-corrected chi connectivity index (χ4v) is 4.15. The highest BCUT2D eigenvalue weighted by atomic mass is 19.1. The minimum Gasteiger partial charge on any atom is -0.327 e. The van der Waals surface area contributed by atoms with Gasteiger partial charge >= 0.3 is 0 Å². The van der Waals surface area contributed by atoms with Crippen molar-refractivity contribution in [3.05, 3.63) is 92.6 Å². The van der Waals surface area contributed by atoms with Crippen LogP contribution in [0.15, 0.2) is 53.3 Å². The Balaban J connectivity index is 1.56.